The van der Waals surface area contributed by atoms with Gasteiger partial charge < -0.3 is 0 Å². The lowest BCUT2D eigenvalue weighted by Gasteiger charge is -2.42. The van der Waals surface area contributed by atoms with Gasteiger partial charge in [-0.05, 0) is 36.5 Å². The fraction of sp³-hybridized carbons (Fsp3) is 0.923. The lowest BCUT2D eigenvalue weighted by atomic mass is 9.62. The molecule has 0 saturated heterocycles. The Hall–Kier alpha value is -0.330. The van der Waals surface area contributed by atoms with Crippen LogP contribution in [0.1, 0.15) is 52.4 Å². The highest BCUT2D eigenvalue weighted by Gasteiger charge is 2.39. The van der Waals surface area contributed by atoms with Crippen molar-refractivity contribution in [3.05, 3.63) is 0 Å². The minimum atomic E-state index is 0.534. The molecule has 1 nitrogen and oxygen atoms in total. The molecular formula is C13H22O. The van der Waals surface area contributed by atoms with Gasteiger partial charge in [-0.3, -0.25) is 4.79 Å². The molecule has 0 aromatic carbocycles. The SMILES string of the molecule is CC(C)C1CC(=O)CC2CCCCC21. The van der Waals surface area contributed by atoms with Gasteiger partial charge in [-0.25, -0.2) is 0 Å². The zero-order valence-corrected chi connectivity index (χ0v) is 9.46. The van der Waals surface area contributed by atoms with Gasteiger partial charge in [-0.2, -0.15) is 0 Å². The van der Waals surface area contributed by atoms with Crippen molar-refractivity contribution in [3.8, 4) is 0 Å². The van der Waals surface area contributed by atoms with Crippen LogP contribution in [0.4, 0.5) is 0 Å². The molecule has 0 N–H and O–H groups in total. The molecule has 0 aromatic rings. The Kier molecular flexibility index (Phi) is 2.94. The van der Waals surface area contributed by atoms with Crippen LogP contribution in [0.2, 0.25) is 0 Å². The van der Waals surface area contributed by atoms with Crippen molar-refractivity contribution in [2.45, 2.75) is 52.4 Å². The van der Waals surface area contributed by atoms with Crippen LogP contribution in [0, 0.1) is 23.7 Å². The number of hydrogen-bond donors (Lipinski definition) is 0. The molecule has 0 heterocycles. The van der Waals surface area contributed by atoms with Gasteiger partial charge >= 0.3 is 0 Å². The largest absolute Gasteiger partial charge is 0.300 e. The van der Waals surface area contributed by atoms with Gasteiger partial charge in [0.25, 0.3) is 0 Å². The number of Topliss-reactive ketones (excluding diaryl/α,β-unsaturated/α-hetero) is 1. The third kappa shape index (κ3) is 1.87. The number of hydrogen-bond acceptors (Lipinski definition) is 1. The molecule has 0 aromatic heterocycles. The molecule has 14 heavy (non-hydrogen) atoms. The van der Waals surface area contributed by atoms with Crippen LogP contribution in [-0.2, 0) is 4.79 Å². The first-order valence-electron chi connectivity index (χ1n) is 6.20. The third-order valence-electron chi connectivity index (χ3n) is 4.33. The zero-order chi connectivity index (χ0) is 10.1. The zero-order valence-electron chi connectivity index (χ0n) is 9.46. The summed E-state index contributed by atoms with van der Waals surface area (Å²) >= 11 is 0. The number of rotatable bonds is 1. The summed E-state index contributed by atoms with van der Waals surface area (Å²) in [6.07, 6.45) is 7.24. The van der Waals surface area contributed by atoms with Crippen molar-refractivity contribution in [2.24, 2.45) is 23.7 Å². The Morgan fingerprint density at radius 1 is 1.14 bits per heavy atom. The second-order valence-corrected chi connectivity index (χ2v) is 5.56. The van der Waals surface area contributed by atoms with E-state index >= 15 is 0 Å². The fourth-order valence-corrected chi connectivity index (χ4v) is 3.57. The summed E-state index contributed by atoms with van der Waals surface area (Å²) in [7, 11) is 0. The summed E-state index contributed by atoms with van der Waals surface area (Å²) in [5.41, 5.74) is 0. The maximum Gasteiger partial charge on any atom is 0.133 e. The second kappa shape index (κ2) is 4.04. The monoisotopic (exact) mass is 194 g/mol. The van der Waals surface area contributed by atoms with E-state index in [-0.39, 0.29) is 0 Å². The van der Waals surface area contributed by atoms with Crippen molar-refractivity contribution < 1.29 is 4.79 Å². The Morgan fingerprint density at radius 3 is 2.57 bits per heavy atom. The quantitative estimate of drug-likeness (QED) is 0.625. The van der Waals surface area contributed by atoms with Crippen molar-refractivity contribution in [3.63, 3.8) is 0 Å². The molecule has 2 aliphatic carbocycles. The number of ketones is 1. The molecule has 0 aliphatic heterocycles. The number of carbonyl (C=O) groups is 1. The molecule has 0 radical (unpaired) electrons. The average Bonchev–Trinajstić information content (AvgIpc) is 2.16. The van der Waals surface area contributed by atoms with E-state index in [4.69, 9.17) is 0 Å². The molecule has 0 amide bonds. The highest BCUT2D eigenvalue weighted by molar-refractivity contribution is 5.79. The molecule has 2 rings (SSSR count). The van der Waals surface area contributed by atoms with Crippen LogP contribution in [0.15, 0.2) is 0 Å². The van der Waals surface area contributed by atoms with Crippen molar-refractivity contribution in [1.82, 2.24) is 0 Å². The Labute approximate surface area is 87.3 Å². The van der Waals surface area contributed by atoms with Gasteiger partial charge in [-0.15, -0.1) is 0 Å². The van der Waals surface area contributed by atoms with Gasteiger partial charge in [0.1, 0.15) is 5.78 Å². The first kappa shape index (κ1) is 10.2. The van der Waals surface area contributed by atoms with E-state index in [1.54, 1.807) is 0 Å². The molecule has 0 bridgehead atoms. The Balaban J connectivity index is 2.10. The van der Waals surface area contributed by atoms with E-state index in [1.165, 1.54) is 25.7 Å². The van der Waals surface area contributed by atoms with E-state index in [1.807, 2.05) is 0 Å². The van der Waals surface area contributed by atoms with E-state index in [9.17, 15) is 4.79 Å². The molecule has 1 heteroatoms. The van der Waals surface area contributed by atoms with E-state index in [2.05, 4.69) is 13.8 Å². The molecule has 2 saturated carbocycles. The van der Waals surface area contributed by atoms with Crippen molar-refractivity contribution in [1.29, 1.82) is 0 Å². The smallest absolute Gasteiger partial charge is 0.133 e. The number of carbonyl (C=O) groups excluding carboxylic acids is 1. The predicted molar refractivity (Wildman–Crippen MR) is 58.0 cm³/mol. The lowest BCUT2D eigenvalue weighted by Crippen LogP contribution is -2.37. The van der Waals surface area contributed by atoms with Gasteiger partial charge in [0.05, 0.1) is 0 Å². The summed E-state index contributed by atoms with van der Waals surface area (Å²) in [6.45, 7) is 4.57. The topological polar surface area (TPSA) is 17.1 Å². The molecule has 80 valence electrons. The van der Waals surface area contributed by atoms with Crippen LogP contribution in [0.5, 0.6) is 0 Å². The van der Waals surface area contributed by atoms with Crippen LogP contribution >= 0.6 is 0 Å². The highest BCUT2D eigenvalue weighted by atomic mass is 16.1. The third-order valence-corrected chi connectivity index (χ3v) is 4.33. The average molecular weight is 194 g/mol. The second-order valence-electron chi connectivity index (χ2n) is 5.56. The summed E-state index contributed by atoms with van der Waals surface area (Å²) in [5.74, 6) is 3.55. The van der Waals surface area contributed by atoms with Crippen molar-refractivity contribution >= 4 is 5.78 Å². The maximum atomic E-state index is 11.6. The first-order valence-corrected chi connectivity index (χ1v) is 6.20. The standard InChI is InChI=1S/C13H22O/c1-9(2)13-8-11(14)7-10-5-3-4-6-12(10)13/h9-10,12-13H,3-8H2,1-2H3. The minimum Gasteiger partial charge on any atom is -0.300 e. The summed E-state index contributed by atoms with van der Waals surface area (Å²) in [5, 5.41) is 0. The van der Waals surface area contributed by atoms with Crippen molar-refractivity contribution in [2.75, 3.05) is 0 Å². The van der Waals surface area contributed by atoms with Crippen LogP contribution in [-0.4, -0.2) is 5.78 Å². The van der Waals surface area contributed by atoms with Crippen LogP contribution < -0.4 is 0 Å². The Bertz CT molecular complexity index is 219. The van der Waals surface area contributed by atoms with E-state index in [0.717, 1.165) is 24.7 Å². The first-order chi connectivity index (χ1) is 6.68. The number of fused-ring (bicyclic) bond motifs is 1. The summed E-state index contributed by atoms with van der Waals surface area (Å²) in [4.78, 5) is 11.6. The van der Waals surface area contributed by atoms with Crippen LogP contribution in [0.3, 0.4) is 0 Å². The molecule has 2 fully saturated rings. The van der Waals surface area contributed by atoms with E-state index < -0.39 is 0 Å². The summed E-state index contributed by atoms with van der Waals surface area (Å²) in [6, 6.07) is 0. The molecule has 3 unspecified atom stereocenters. The van der Waals surface area contributed by atoms with Gasteiger partial charge in [0.15, 0.2) is 0 Å². The van der Waals surface area contributed by atoms with Gasteiger partial charge in [0.2, 0.25) is 0 Å². The minimum absolute atomic E-state index is 0.534. The summed E-state index contributed by atoms with van der Waals surface area (Å²) < 4.78 is 0. The normalized spacial score (nSPS) is 38.5. The van der Waals surface area contributed by atoms with Gasteiger partial charge in [-0.1, -0.05) is 26.7 Å². The van der Waals surface area contributed by atoms with E-state index in [0.29, 0.717) is 17.6 Å². The molecule has 2 aliphatic rings. The predicted octanol–water partition coefficient (Wildman–Crippen LogP) is 3.43. The maximum absolute atomic E-state index is 11.6. The molecule has 0 spiro atoms. The molecular weight excluding hydrogens is 172 g/mol. The highest BCUT2D eigenvalue weighted by Crippen LogP contribution is 2.45. The fourth-order valence-electron chi connectivity index (χ4n) is 3.57. The van der Waals surface area contributed by atoms with Gasteiger partial charge in [0, 0.05) is 12.8 Å². The molecule has 3 atom stereocenters. The lowest BCUT2D eigenvalue weighted by molar-refractivity contribution is -0.126. The van der Waals surface area contributed by atoms with Crippen LogP contribution in [0.25, 0.3) is 0 Å². The Morgan fingerprint density at radius 2 is 1.86 bits per heavy atom.